The molecule has 20 heavy (non-hydrogen) atoms. The van der Waals surface area contributed by atoms with E-state index in [2.05, 4.69) is 29.6 Å². The van der Waals surface area contributed by atoms with Gasteiger partial charge < -0.3 is 5.32 Å². The third kappa shape index (κ3) is 2.34. The van der Waals surface area contributed by atoms with Gasteiger partial charge in [0.15, 0.2) is 11.6 Å². The lowest BCUT2D eigenvalue weighted by Crippen LogP contribution is -2.25. The van der Waals surface area contributed by atoms with Gasteiger partial charge in [-0.3, -0.25) is 0 Å². The van der Waals surface area contributed by atoms with E-state index in [0.717, 1.165) is 18.4 Å². The lowest BCUT2D eigenvalue weighted by molar-refractivity contribution is 0.446. The molecule has 0 heterocycles. The Morgan fingerprint density at radius 3 is 2.65 bits per heavy atom. The second-order valence-corrected chi connectivity index (χ2v) is 5.35. The Balaban J connectivity index is 1.77. The molecule has 2 atom stereocenters. The van der Waals surface area contributed by atoms with Crippen molar-refractivity contribution in [2.75, 3.05) is 7.05 Å². The van der Waals surface area contributed by atoms with E-state index in [1.807, 2.05) is 7.05 Å². The summed E-state index contributed by atoms with van der Waals surface area (Å²) in [5.74, 6) is -1.08. The summed E-state index contributed by atoms with van der Waals surface area (Å²) in [5, 5.41) is 3.21. The highest BCUT2D eigenvalue weighted by atomic mass is 19.2. The van der Waals surface area contributed by atoms with Gasteiger partial charge in [-0.2, -0.15) is 0 Å². The number of rotatable bonds is 4. The Labute approximate surface area is 117 Å². The number of fused-ring (bicyclic) bond motifs is 1. The second-order valence-electron chi connectivity index (χ2n) is 5.35. The molecule has 1 N–H and O–H groups in total. The maximum atomic E-state index is 13.3. The van der Waals surface area contributed by atoms with E-state index in [1.54, 1.807) is 6.07 Å². The largest absolute Gasteiger partial charge is 0.313 e. The third-order valence-electron chi connectivity index (χ3n) is 4.18. The van der Waals surface area contributed by atoms with Crippen LogP contribution in [0.3, 0.4) is 0 Å². The first-order valence-electron chi connectivity index (χ1n) is 6.89. The van der Waals surface area contributed by atoms with Crippen LogP contribution >= 0.6 is 0 Å². The lowest BCUT2D eigenvalue weighted by Gasteiger charge is -2.33. The molecule has 0 spiro atoms. The first-order chi connectivity index (χ1) is 9.69. The molecule has 2 unspecified atom stereocenters. The van der Waals surface area contributed by atoms with Gasteiger partial charge in [-0.15, -0.1) is 0 Å². The van der Waals surface area contributed by atoms with Crippen LogP contribution in [-0.2, 0) is 6.42 Å². The van der Waals surface area contributed by atoms with Gasteiger partial charge in [-0.25, -0.2) is 8.78 Å². The second kappa shape index (κ2) is 5.33. The molecule has 0 bridgehead atoms. The van der Waals surface area contributed by atoms with Crippen LogP contribution in [0.25, 0.3) is 0 Å². The van der Waals surface area contributed by atoms with Gasteiger partial charge in [-0.05, 0) is 54.6 Å². The molecule has 0 saturated carbocycles. The van der Waals surface area contributed by atoms with Gasteiger partial charge in [0.05, 0.1) is 0 Å². The maximum Gasteiger partial charge on any atom is 0.159 e. The monoisotopic (exact) mass is 273 g/mol. The number of hydrogen-bond acceptors (Lipinski definition) is 1. The van der Waals surface area contributed by atoms with E-state index >= 15 is 0 Å². The molecular formula is C17H17F2N. The van der Waals surface area contributed by atoms with Gasteiger partial charge in [0, 0.05) is 6.04 Å². The molecule has 1 aliphatic rings. The summed E-state index contributed by atoms with van der Waals surface area (Å²) in [6, 6.07) is 12.6. The van der Waals surface area contributed by atoms with Gasteiger partial charge in [-0.1, -0.05) is 30.3 Å². The third-order valence-corrected chi connectivity index (χ3v) is 4.18. The molecule has 1 nitrogen and oxygen atoms in total. The van der Waals surface area contributed by atoms with E-state index in [4.69, 9.17) is 0 Å². The van der Waals surface area contributed by atoms with Crippen molar-refractivity contribution < 1.29 is 8.78 Å². The summed E-state index contributed by atoms with van der Waals surface area (Å²) in [7, 11) is 1.86. The first-order valence-corrected chi connectivity index (χ1v) is 6.89. The van der Waals surface area contributed by atoms with Gasteiger partial charge in [0.2, 0.25) is 0 Å². The van der Waals surface area contributed by atoms with Crippen molar-refractivity contribution in [1.29, 1.82) is 0 Å². The minimum atomic E-state index is -0.794. The molecule has 2 aromatic rings. The van der Waals surface area contributed by atoms with Gasteiger partial charge in [0.1, 0.15) is 0 Å². The zero-order valence-electron chi connectivity index (χ0n) is 11.4. The summed E-state index contributed by atoms with van der Waals surface area (Å²) in [6.07, 6.45) is 1.97. The Kier molecular flexibility index (Phi) is 3.53. The summed E-state index contributed by atoms with van der Waals surface area (Å²) in [5.41, 5.74) is 3.59. The highest BCUT2D eigenvalue weighted by molar-refractivity contribution is 5.40. The first kappa shape index (κ1) is 13.3. The van der Waals surface area contributed by atoms with Crippen molar-refractivity contribution in [3.05, 3.63) is 70.8 Å². The van der Waals surface area contributed by atoms with Gasteiger partial charge in [0.25, 0.3) is 0 Å². The summed E-state index contributed by atoms with van der Waals surface area (Å²) >= 11 is 0. The Bertz CT molecular complexity index is 624. The van der Waals surface area contributed by atoms with Crippen LogP contribution in [-0.4, -0.2) is 7.05 Å². The Hall–Kier alpha value is -1.74. The average Bonchev–Trinajstić information content (AvgIpc) is 2.44. The molecule has 1 aliphatic carbocycles. The smallest absolute Gasteiger partial charge is 0.159 e. The van der Waals surface area contributed by atoms with Crippen molar-refractivity contribution in [2.45, 2.75) is 24.8 Å². The molecule has 0 radical (unpaired) electrons. The van der Waals surface area contributed by atoms with E-state index in [-0.39, 0.29) is 6.04 Å². The SMILES string of the molecule is CNC(CC1Cc2ccccc21)c1ccc(F)c(F)c1. The predicted molar refractivity (Wildman–Crippen MR) is 75.7 cm³/mol. The zero-order valence-corrected chi connectivity index (χ0v) is 11.4. The van der Waals surface area contributed by atoms with E-state index in [9.17, 15) is 8.78 Å². The topological polar surface area (TPSA) is 12.0 Å². The average molecular weight is 273 g/mol. The van der Waals surface area contributed by atoms with Crippen molar-refractivity contribution in [3.63, 3.8) is 0 Å². The molecule has 3 heteroatoms. The van der Waals surface area contributed by atoms with Crippen LogP contribution in [0, 0.1) is 11.6 Å². The van der Waals surface area contributed by atoms with Crippen molar-refractivity contribution in [3.8, 4) is 0 Å². The molecule has 0 saturated heterocycles. The standard InChI is InChI=1S/C17H17F2N/c1-20-17(12-6-7-15(18)16(19)9-12)10-13-8-11-4-2-3-5-14(11)13/h2-7,9,13,17,20H,8,10H2,1H3. The Morgan fingerprint density at radius 1 is 1.15 bits per heavy atom. The van der Waals surface area contributed by atoms with Crippen molar-refractivity contribution >= 4 is 0 Å². The molecule has 3 rings (SSSR count). The summed E-state index contributed by atoms with van der Waals surface area (Å²) < 4.78 is 26.4. The van der Waals surface area contributed by atoms with Gasteiger partial charge >= 0.3 is 0 Å². The number of benzene rings is 2. The van der Waals surface area contributed by atoms with E-state index in [0.29, 0.717) is 5.92 Å². The number of hydrogen-bond donors (Lipinski definition) is 1. The van der Waals surface area contributed by atoms with Crippen LogP contribution < -0.4 is 5.32 Å². The van der Waals surface area contributed by atoms with Crippen LogP contribution in [0.4, 0.5) is 8.78 Å². The fourth-order valence-corrected chi connectivity index (χ4v) is 3.01. The lowest BCUT2D eigenvalue weighted by atomic mass is 9.74. The van der Waals surface area contributed by atoms with Crippen LogP contribution in [0.1, 0.15) is 35.1 Å². The summed E-state index contributed by atoms with van der Waals surface area (Å²) in [4.78, 5) is 0. The summed E-state index contributed by atoms with van der Waals surface area (Å²) in [6.45, 7) is 0. The molecule has 2 aromatic carbocycles. The fraction of sp³-hybridized carbons (Fsp3) is 0.294. The van der Waals surface area contributed by atoms with Crippen LogP contribution in [0.2, 0.25) is 0 Å². The van der Waals surface area contributed by atoms with Crippen molar-refractivity contribution in [1.82, 2.24) is 5.32 Å². The minimum Gasteiger partial charge on any atom is -0.313 e. The van der Waals surface area contributed by atoms with E-state index < -0.39 is 11.6 Å². The van der Waals surface area contributed by atoms with Crippen LogP contribution in [0.5, 0.6) is 0 Å². The molecule has 0 amide bonds. The number of halogens is 2. The zero-order chi connectivity index (χ0) is 14.1. The number of nitrogens with one attached hydrogen (secondary N) is 1. The molecule has 0 fully saturated rings. The van der Waals surface area contributed by atoms with Crippen LogP contribution in [0.15, 0.2) is 42.5 Å². The molecule has 0 aromatic heterocycles. The minimum absolute atomic E-state index is 0.0449. The quantitative estimate of drug-likeness (QED) is 0.889. The predicted octanol–water partition coefficient (Wildman–Crippen LogP) is 3.96. The van der Waals surface area contributed by atoms with Crippen molar-refractivity contribution in [2.24, 2.45) is 0 Å². The molecule has 104 valence electrons. The highest BCUT2D eigenvalue weighted by Crippen LogP contribution is 2.40. The fourth-order valence-electron chi connectivity index (χ4n) is 3.01. The van der Waals surface area contributed by atoms with E-state index in [1.165, 1.54) is 23.3 Å². The maximum absolute atomic E-state index is 13.3. The highest BCUT2D eigenvalue weighted by Gasteiger charge is 2.28. The normalized spacial score (nSPS) is 18.2. The molecular weight excluding hydrogens is 256 g/mol. The Morgan fingerprint density at radius 2 is 1.95 bits per heavy atom. The molecule has 0 aliphatic heterocycles.